The average molecular weight is 360 g/mol. The minimum absolute atomic E-state index is 0.0202. The lowest BCUT2D eigenvalue weighted by Gasteiger charge is -2.20. The summed E-state index contributed by atoms with van der Waals surface area (Å²) in [5, 5.41) is 0.123. The molecule has 0 radical (unpaired) electrons. The Labute approximate surface area is 151 Å². The van der Waals surface area contributed by atoms with Gasteiger partial charge in [0.1, 0.15) is 5.15 Å². The van der Waals surface area contributed by atoms with Crippen molar-refractivity contribution in [1.29, 1.82) is 0 Å². The van der Waals surface area contributed by atoms with Gasteiger partial charge < -0.3 is 9.47 Å². The van der Waals surface area contributed by atoms with Crippen molar-refractivity contribution in [2.45, 2.75) is 20.0 Å². The van der Waals surface area contributed by atoms with E-state index in [1.165, 1.54) is 6.92 Å². The summed E-state index contributed by atoms with van der Waals surface area (Å²) in [7, 11) is 0. The highest BCUT2D eigenvalue weighted by molar-refractivity contribution is 6.30. The zero-order chi connectivity index (χ0) is 18.4. The quantitative estimate of drug-likeness (QED) is 0.441. The molecule has 130 valence electrons. The fourth-order valence-corrected chi connectivity index (χ4v) is 2.48. The number of carbonyl (C=O) groups excluding carboxylic acids is 2. The third-order valence-electron chi connectivity index (χ3n) is 3.37. The molecule has 5 nitrogen and oxygen atoms in total. The lowest BCUT2D eigenvalue weighted by atomic mass is 10.0. The summed E-state index contributed by atoms with van der Waals surface area (Å²) < 4.78 is 10.2. The number of halogens is 1. The van der Waals surface area contributed by atoms with Gasteiger partial charge in [0.25, 0.3) is 0 Å². The van der Waals surface area contributed by atoms with Gasteiger partial charge in [-0.25, -0.2) is 9.78 Å². The predicted molar refractivity (Wildman–Crippen MR) is 95.0 cm³/mol. The maximum atomic E-state index is 12.0. The van der Waals surface area contributed by atoms with Crippen LogP contribution in [0, 0.1) is 0 Å². The van der Waals surface area contributed by atoms with E-state index in [0.717, 1.165) is 5.56 Å². The Kier molecular flexibility index (Phi) is 6.31. The highest BCUT2D eigenvalue weighted by atomic mass is 35.5. The molecule has 0 bridgehead atoms. The monoisotopic (exact) mass is 359 g/mol. The molecule has 0 spiro atoms. The van der Waals surface area contributed by atoms with E-state index in [1.54, 1.807) is 19.1 Å². The minimum atomic E-state index is -1.05. The number of nitrogens with zero attached hydrogens (tertiary/aromatic N) is 1. The number of benzene rings is 1. The maximum Gasteiger partial charge on any atom is 0.337 e. The molecule has 6 heteroatoms. The zero-order valence-corrected chi connectivity index (χ0v) is 14.7. The Hall–Kier alpha value is -2.66. The van der Waals surface area contributed by atoms with Crippen LogP contribution in [0.25, 0.3) is 11.3 Å². The smallest absolute Gasteiger partial charge is 0.337 e. The van der Waals surface area contributed by atoms with Crippen molar-refractivity contribution in [3.8, 4) is 11.3 Å². The summed E-state index contributed by atoms with van der Waals surface area (Å²) in [5.41, 5.74) is 1.91. The molecule has 1 aromatic heterocycles. The second-order valence-electron chi connectivity index (χ2n) is 5.18. The molecule has 1 heterocycles. The van der Waals surface area contributed by atoms with E-state index in [9.17, 15) is 9.59 Å². The van der Waals surface area contributed by atoms with Crippen molar-refractivity contribution < 1.29 is 19.1 Å². The molecule has 1 unspecified atom stereocenters. The first-order chi connectivity index (χ1) is 11.9. The Bertz CT molecular complexity index is 789. The fourth-order valence-electron chi connectivity index (χ4n) is 2.23. The molecule has 0 saturated heterocycles. The Morgan fingerprint density at radius 1 is 1.20 bits per heavy atom. The molecule has 1 aromatic carbocycles. The summed E-state index contributed by atoms with van der Waals surface area (Å²) in [6.45, 7) is 6.79. The van der Waals surface area contributed by atoms with Gasteiger partial charge in [-0.15, -0.1) is 0 Å². The predicted octanol–water partition coefficient (Wildman–Crippen LogP) is 4.13. The summed E-state index contributed by atoms with van der Waals surface area (Å²) in [6.07, 6.45) is -1.05. The van der Waals surface area contributed by atoms with Crippen LogP contribution in [0.3, 0.4) is 0 Å². The molecular formula is C19H18ClNO4. The van der Waals surface area contributed by atoms with Crippen molar-refractivity contribution in [1.82, 2.24) is 4.98 Å². The fraction of sp³-hybridized carbons (Fsp3) is 0.211. The first-order valence-electron chi connectivity index (χ1n) is 7.69. The Morgan fingerprint density at radius 2 is 1.88 bits per heavy atom. The first kappa shape index (κ1) is 18.7. The Balaban J connectivity index is 2.39. The number of pyridine rings is 1. The number of rotatable bonds is 6. The van der Waals surface area contributed by atoms with E-state index in [4.69, 9.17) is 21.1 Å². The van der Waals surface area contributed by atoms with Gasteiger partial charge >= 0.3 is 11.9 Å². The second kappa shape index (κ2) is 8.44. The van der Waals surface area contributed by atoms with Crippen LogP contribution in [-0.4, -0.2) is 23.5 Å². The average Bonchev–Trinajstić information content (AvgIpc) is 2.60. The summed E-state index contributed by atoms with van der Waals surface area (Å²) in [4.78, 5) is 27.7. The highest BCUT2D eigenvalue weighted by Crippen LogP contribution is 2.32. The van der Waals surface area contributed by atoms with Crippen LogP contribution in [0.1, 0.15) is 25.5 Å². The largest absolute Gasteiger partial charge is 0.463 e. The van der Waals surface area contributed by atoms with E-state index in [2.05, 4.69) is 11.6 Å². The van der Waals surface area contributed by atoms with E-state index in [0.29, 0.717) is 11.3 Å². The van der Waals surface area contributed by atoms with Crippen molar-refractivity contribution >= 4 is 23.5 Å². The van der Waals surface area contributed by atoms with Gasteiger partial charge in [-0.1, -0.05) is 48.5 Å². The number of esters is 2. The first-order valence-corrected chi connectivity index (χ1v) is 8.06. The summed E-state index contributed by atoms with van der Waals surface area (Å²) >= 11 is 6.29. The number of hydrogen-bond acceptors (Lipinski definition) is 5. The third-order valence-corrected chi connectivity index (χ3v) is 3.67. The lowest BCUT2D eigenvalue weighted by Crippen LogP contribution is -2.19. The van der Waals surface area contributed by atoms with Crippen molar-refractivity contribution in [3.63, 3.8) is 0 Å². The standard InChI is InChI=1S/C19H18ClNO4/c1-4-24-19(23)12(2)17(25-13(3)22)15-10-11-16(21-18(15)20)14-8-6-5-7-9-14/h5-11,17H,2,4H2,1,3H3. The van der Waals surface area contributed by atoms with Gasteiger partial charge in [0.2, 0.25) is 0 Å². The van der Waals surface area contributed by atoms with Crippen molar-refractivity contribution in [2.24, 2.45) is 0 Å². The molecule has 0 aliphatic carbocycles. The Morgan fingerprint density at radius 3 is 2.44 bits per heavy atom. The van der Waals surface area contributed by atoms with Crippen LogP contribution in [-0.2, 0) is 19.1 Å². The van der Waals surface area contributed by atoms with Crippen LogP contribution in [0.2, 0.25) is 5.15 Å². The van der Waals surface area contributed by atoms with E-state index in [1.807, 2.05) is 30.3 Å². The summed E-state index contributed by atoms with van der Waals surface area (Å²) in [6, 6.07) is 12.9. The lowest BCUT2D eigenvalue weighted by molar-refractivity contribution is -0.147. The number of aromatic nitrogens is 1. The van der Waals surface area contributed by atoms with Gasteiger partial charge in [-0.3, -0.25) is 4.79 Å². The topological polar surface area (TPSA) is 65.5 Å². The van der Waals surface area contributed by atoms with Crippen LogP contribution in [0.4, 0.5) is 0 Å². The van der Waals surface area contributed by atoms with E-state index >= 15 is 0 Å². The number of hydrogen-bond donors (Lipinski definition) is 0. The molecule has 0 fully saturated rings. The zero-order valence-electron chi connectivity index (χ0n) is 14.0. The van der Waals surface area contributed by atoms with Gasteiger partial charge in [-0.2, -0.15) is 0 Å². The van der Waals surface area contributed by atoms with Gasteiger partial charge in [0, 0.05) is 18.1 Å². The molecule has 0 aliphatic rings. The number of carbonyl (C=O) groups is 2. The molecule has 2 rings (SSSR count). The van der Waals surface area contributed by atoms with Crippen LogP contribution >= 0.6 is 11.6 Å². The van der Waals surface area contributed by atoms with Gasteiger partial charge in [0.15, 0.2) is 6.10 Å². The SMILES string of the molecule is C=C(C(=O)OCC)C(OC(C)=O)c1ccc(-c2ccccc2)nc1Cl. The molecule has 0 amide bonds. The van der Waals surface area contributed by atoms with Crippen LogP contribution in [0.5, 0.6) is 0 Å². The molecule has 0 aliphatic heterocycles. The second-order valence-corrected chi connectivity index (χ2v) is 5.54. The number of ether oxygens (including phenoxy) is 2. The normalized spacial score (nSPS) is 11.5. The molecule has 1 atom stereocenters. The molecule has 25 heavy (non-hydrogen) atoms. The van der Waals surface area contributed by atoms with E-state index < -0.39 is 18.0 Å². The van der Waals surface area contributed by atoms with Gasteiger partial charge in [0.05, 0.1) is 17.9 Å². The molecule has 2 aromatic rings. The van der Waals surface area contributed by atoms with Crippen molar-refractivity contribution in [3.05, 3.63) is 65.3 Å². The van der Waals surface area contributed by atoms with Crippen LogP contribution in [0.15, 0.2) is 54.6 Å². The highest BCUT2D eigenvalue weighted by Gasteiger charge is 2.27. The van der Waals surface area contributed by atoms with Crippen LogP contribution < -0.4 is 0 Å². The van der Waals surface area contributed by atoms with Crippen molar-refractivity contribution in [2.75, 3.05) is 6.61 Å². The maximum absolute atomic E-state index is 12.0. The minimum Gasteiger partial charge on any atom is -0.463 e. The molecule has 0 saturated carbocycles. The molecular weight excluding hydrogens is 342 g/mol. The molecule has 0 N–H and O–H groups in total. The third kappa shape index (κ3) is 4.67. The summed E-state index contributed by atoms with van der Waals surface area (Å²) in [5.74, 6) is -1.23. The van der Waals surface area contributed by atoms with Gasteiger partial charge in [-0.05, 0) is 19.1 Å². The van der Waals surface area contributed by atoms with E-state index in [-0.39, 0.29) is 17.3 Å².